The minimum atomic E-state index is -3.76. The molecule has 1 aromatic carbocycles. The molecule has 7 nitrogen and oxygen atoms in total. The normalized spacial score (nSPS) is 16.1. The predicted molar refractivity (Wildman–Crippen MR) is 85.4 cm³/mol. The summed E-state index contributed by atoms with van der Waals surface area (Å²) < 4.78 is 24.3. The lowest BCUT2D eigenvalue weighted by atomic mass is 10.2. The van der Waals surface area contributed by atoms with E-state index in [1.54, 1.807) is 12.4 Å². The van der Waals surface area contributed by atoms with Crippen LogP contribution >= 0.6 is 0 Å². The number of carbonyl (C=O) groups excluding carboxylic acids is 1. The average Bonchev–Trinajstić information content (AvgIpc) is 3.26. The van der Waals surface area contributed by atoms with Crippen molar-refractivity contribution in [3.63, 3.8) is 0 Å². The highest BCUT2D eigenvalue weighted by atomic mass is 32.2. The first-order valence-corrected chi connectivity index (χ1v) is 8.87. The molecular weight excluding hydrogens is 316 g/mol. The van der Waals surface area contributed by atoms with E-state index in [0.717, 1.165) is 0 Å². The molecule has 0 saturated heterocycles. The van der Waals surface area contributed by atoms with Crippen molar-refractivity contribution in [3.05, 3.63) is 42.2 Å². The smallest absolute Gasteiger partial charge is 0.255 e. The van der Waals surface area contributed by atoms with Gasteiger partial charge in [0.15, 0.2) is 0 Å². The number of rotatable bonds is 5. The summed E-state index contributed by atoms with van der Waals surface area (Å²) >= 11 is 0. The van der Waals surface area contributed by atoms with Crippen LogP contribution in [-0.4, -0.2) is 24.1 Å². The van der Waals surface area contributed by atoms with Crippen molar-refractivity contribution in [2.45, 2.75) is 30.7 Å². The van der Waals surface area contributed by atoms with Crippen LogP contribution in [0, 0.1) is 5.92 Å². The van der Waals surface area contributed by atoms with E-state index in [9.17, 15) is 13.2 Å². The molecule has 8 heteroatoms. The van der Waals surface area contributed by atoms with Gasteiger partial charge in [-0.1, -0.05) is 0 Å². The minimum Gasteiger partial charge on any atom is -0.319 e. The Kier molecular flexibility index (Phi) is 3.95. The number of anilines is 1. The third-order valence-corrected chi connectivity index (χ3v) is 4.96. The number of hydrogen-bond donors (Lipinski definition) is 2. The second-order valence-electron chi connectivity index (χ2n) is 5.81. The van der Waals surface area contributed by atoms with Crippen molar-refractivity contribution in [3.8, 4) is 0 Å². The van der Waals surface area contributed by atoms with E-state index in [1.165, 1.54) is 37.1 Å². The number of nitrogens with two attached hydrogens (primary N) is 1. The molecule has 1 atom stereocenters. The van der Waals surface area contributed by atoms with Crippen molar-refractivity contribution < 1.29 is 13.2 Å². The van der Waals surface area contributed by atoms with Crippen molar-refractivity contribution in [1.82, 2.24) is 9.78 Å². The maximum atomic E-state index is 12.2. The Bertz CT molecular complexity index is 823. The van der Waals surface area contributed by atoms with Crippen LogP contribution in [0.1, 0.15) is 36.2 Å². The number of carbonyl (C=O) groups is 1. The molecule has 3 rings (SSSR count). The third kappa shape index (κ3) is 3.59. The molecule has 23 heavy (non-hydrogen) atoms. The molecule has 0 bridgehead atoms. The zero-order valence-electron chi connectivity index (χ0n) is 12.6. The van der Waals surface area contributed by atoms with Gasteiger partial charge in [-0.25, -0.2) is 13.6 Å². The fourth-order valence-electron chi connectivity index (χ4n) is 2.42. The highest BCUT2D eigenvalue weighted by Crippen LogP contribution is 2.39. The molecule has 0 radical (unpaired) electrons. The van der Waals surface area contributed by atoms with Crippen LogP contribution in [0.3, 0.4) is 0 Å². The van der Waals surface area contributed by atoms with Gasteiger partial charge in [-0.3, -0.25) is 9.48 Å². The molecule has 1 aliphatic rings. The Morgan fingerprint density at radius 3 is 2.57 bits per heavy atom. The highest BCUT2D eigenvalue weighted by molar-refractivity contribution is 7.89. The first-order chi connectivity index (χ1) is 10.8. The Morgan fingerprint density at radius 1 is 1.35 bits per heavy atom. The summed E-state index contributed by atoms with van der Waals surface area (Å²) in [6, 6.07) is 5.79. The first kappa shape index (κ1) is 15.7. The number of primary sulfonamides is 1. The van der Waals surface area contributed by atoms with E-state index in [0.29, 0.717) is 23.2 Å². The number of amides is 1. The molecule has 0 unspecified atom stereocenters. The SMILES string of the molecule is C[C@H](C1CC1)n1cc(NC(=O)c2ccc(S(N)(=O)=O)cc2)cn1. The van der Waals surface area contributed by atoms with Crippen LogP contribution < -0.4 is 10.5 Å². The summed E-state index contributed by atoms with van der Waals surface area (Å²) in [4.78, 5) is 12.1. The second-order valence-corrected chi connectivity index (χ2v) is 7.37. The second kappa shape index (κ2) is 5.78. The Labute approximate surface area is 134 Å². The van der Waals surface area contributed by atoms with Crippen LogP contribution in [0.15, 0.2) is 41.6 Å². The molecule has 1 fully saturated rings. The third-order valence-electron chi connectivity index (χ3n) is 4.03. The summed E-state index contributed by atoms with van der Waals surface area (Å²) in [6.45, 7) is 2.11. The van der Waals surface area contributed by atoms with Gasteiger partial charge in [-0.15, -0.1) is 0 Å². The summed E-state index contributed by atoms with van der Waals surface area (Å²) in [7, 11) is -3.76. The van der Waals surface area contributed by atoms with Gasteiger partial charge >= 0.3 is 0 Å². The van der Waals surface area contributed by atoms with Gasteiger partial charge in [0.2, 0.25) is 10.0 Å². The van der Waals surface area contributed by atoms with E-state index in [1.807, 2.05) is 4.68 Å². The molecule has 1 aliphatic carbocycles. The lowest BCUT2D eigenvalue weighted by Crippen LogP contribution is -2.14. The number of hydrogen-bond acceptors (Lipinski definition) is 4. The maximum Gasteiger partial charge on any atom is 0.255 e. The van der Waals surface area contributed by atoms with Crippen molar-refractivity contribution in [1.29, 1.82) is 0 Å². The van der Waals surface area contributed by atoms with Crippen LogP contribution in [0.4, 0.5) is 5.69 Å². The molecule has 0 spiro atoms. The number of benzene rings is 1. The zero-order valence-corrected chi connectivity index (χ0v) is 13.5. The summed E-state index contributed by atoms with van der Waals surface area (Å²) in [5.41, 5.74) is 0.957. The average molecular weight is 334 g/mol. The lowest BCUT2D eigenvalue weighted by molar-refractivity contribution is 0.102. The Balaban J connectivity index is 1.69. The van der Waals surface area contributed by atoms with Crippen LogP contribution in [-0.2, 0) is 10.0 Å². The lowest BCUT2D eigenvalue weighted by Gasteiger charge is -2.09. The van der Waals surface area contributed by atoms with E-state index in [2.05, 4.69) is 17.3 Å². The molecule has 1 aromatic heterocycles. The van der Waals surface area contributed by atoms with Crippen LogP contribution in [0.5, 0.6) is 0 Å². The fraction of sp³-hybridized carbons (Fsp3) is 0.333. The fourth-order valence-corrected chi connectivity index (χ4v) is 2.93. The minimum absolute atomic E-state index is 0.0277. The Hall–Kier alpha value is -2.19. The maximum absolute atomic E-state index is 12.2. The van der Waals surface area contributed by atoms with Gasteiger partial charge in [-0.05, 0) is 49.9 Å². The molecule has 1 heterocycles. The summed E-state index contributed by atoms with van der Waals surface area (Å²) in [5, 5.41) is 12.1. The molecule has 2 aromatic rings. The van der Waals surface area contributed by atoms with Gasteiger partial charge in [0, 0.05) is 11.8 Å². The predicted octanol–water partition coefficient (Wildman–Crippen LogP) is 1.75. The van der Waals surface area contributed by atoms with Gasteiger partial charge in [0.1, 0.15) is 0 Å². The number of sulfonamides is 1. The van der Waals surface area contributed by atoms with Gasteiger partial charge < -0.3 is 5.32 Å². The van der Waals surface area contributed by atoms with Crippen molar-refractivity contribution in [2.24, 2.45) is 11.1 Å². The number of aromatic nitrogens is 2. The molecule has 122 valence electrons. The van der Waals surface area contributed by atoms with E-state index >= 15 is 0 Å². The summed E-state index contributed by atoms with van der Waals surface area (Å²) in [5.74, 6) is 0.341. The van der Waals surface area contributed by atoms with Crippen LogP contribution in [0.25, 0.3) is 0 Å². The summed E-state index contributed by atoms with van der Waals surface area (Å²) in [6.07, 6.45) is 5.85. The number of nitrogens with one attached hydrogen (secondary N) is 1. The van der Waals surface area contributed by atoms with E-state index in [4.69, 9.17) is 5.14 Å². The zero-order chi connectivity index (χ0) is 16.6. The molecule has 1 saturated carbocycles. The van der Waals surface area contributed by atoms with Gasteiger partial charge in [-0.2, -0.15) is 5.10 Å². The van der Waals surface area contributed by atoms with E-state index < -0.39 is 10.0 Å². The quantitative estimate of drug-likeness (QED) is 0.868. The van der Waals surface area contributed by atoms with Crippen molar-refractivity contribution >= 4 is 21.6 Å². The standard InChI is InChI=1S/C15H18N4O3S/c1-10(11-2-3-11)19-9-13(8-17-19)18-15(20)12-4-6-14(7-5-12)23(16,21)22/h4-11H,2-3H2,1H3,(H,18,20)(H2,16,21,22)/t10-/m1/s1. The Morgan fingerprint density at radius 2 is 2.00 bits per heavy atom. The number of nitrogens with zero attached hydrogens (tertiary/aromatic N) is 2. The van der Waals surface area contributed by atoms with Gasteiger partial charge in [0.25, 0.3) is 5.91 Å². The monoisotopic (exact) mass is 334 g/mol. The van der Waals surface area contributed by atoms with Crippen LogP contribution in [0.2, 0.25) is 0 Å². The molecular formula is C15H18N4O3S. The molecule has 0 aliphatic heterocycles. The first-order valence-electron chi connectivity index (χ1n) is 7.33. The van der Waals surface area contributed by atoms with Gasteiger partial charge in [0.05, 0.1) is 22.8 Å². The van der Waals surface area contributed by atoms with E-state index in [-0.39, 0.29) is 10.8 Å². The molecule has 3 N–H and O–H groups in total. The van der Waals surface area contributed by atoms with Crippen molar-refractivity contribution in [2.75, 3.05) is 5.32 Å². The topological polar surface area (TPSA) is 107 Å². The molecule has 1 amide bonds. The largest absolute Gasteiger partial charge is 0.319 e. The highest BCUT2D eigenvalue weighted by Gasteiger charge is 2.29.